The van der Waals surface area contributed by atoms with Crippen LogP contribution in [0.25, 0.3) is 6.08 Å². The van der Waals surface area contributed by atoms with Gasteiger partial charge in [-0.1, -0.05) is 23.8 Å². The van der Waals surface area contributed by atoms with Crippen molar-refractivity contribution >= 4 is 34.6 Å². The maximum atomic E-state index is 12.9. The number of benzene rings is 2. The van der Waals surface area contributed by atoms with Crippen LogP contribution in [0.2, 0.25) is 0 Å². The van der Waals surface area contributed by atoms with Crippen LogP contribution in [0.3, 0.4) is 0 Å². The van der Waals surface area contributed by atoms with Crippen molar-refractivity contribution < 1.29 is 14.3 Å². The summed E-state index contributed by atoms with van der Waals surface area (Å²) in [5, 5.41) is 0.694. The monoisotopic (exact) mass is 410 g/mol. The first-order chi connectivity index (χ1) is 13.9. The molecule has 2 aromatic rings. The first-order valence-electron chi connectivity index (χ1n) is 9.62. The SMILES string of the molecule is CCN1C(=O)/C(=C\c2ccc(OC(C)C)c(OC)c2)SC1=Nc1ccc(C)cc1. The first-order valence-corrected chi connectivity index (χ1v) is 10.4. The molecule has 29 heavy (non-hydrogen) atoms. The molecule has 5 nitrogen and oxygen atoms in total. The van der Waals surface area contributed by atoms with Crippen LogP contribution >= 0.6 is 11.8 Å². The molecule has 1 aliphatic heterocycles. The zero-order chi connectivity index (χ0) is 21.0. The Morgan fingerprint density at radius 3 is 2.48 bits per heavy atom. The Morgan fingerprint density at radius 1 is 1.14 bits per heavy atom. The summed E-state index contributed by atoms with van der Waals surface area (Å²) in [5.41, 5.74) is 2.89. The van der Waals surface area contributed by atoms with E-state index in [0.29, 0.717) is 28.1 Å². The van der Waals surface area contributed by atoms with Crippen LogP contribution in [0, 0.1) is 6.92 Å². The normalized spacial score (nSPS) is 16.9. The van der Waals surface area contributed by atoms with Crippen LogP contribution in [0.1, 0.15) is 31.9 Å². The van der Waals surface area contributed by atoms with Gasteiger partial charge >= 0.3 is 0 Å². The third-order valence-corrected chi connectivity index (χ3v) is 5.32. The second-order valence-corrected chi connectivity index (χ2v) is 7.98. The van der Waals surface area contributed by atoms with Gasteiger partial charge in [-0.15, -0.1) is 0 Å². The van der Waals surface area contributed by atoms with E-state index in [0.717, 1.165) is 11.3 Å². The summed E-state index contributed by atoms with van der Waals surface area (Å²) in [6.45, 7) is 8.50. The molecular formula is C23H26N2O3S. The number of thioether (sulfide) groups is 1. The molecular weight excluding hydrogens is 384 g/mol. The second kappa shape index (κ2) is 9.18. The van der Waals surface area contributed by atoms with E-state index in [1.165, 1.54) is 17.3 Å². The molecule has 0 N–H and O–H groups in total. The van der Waals surface area contributed by atoms with Crippen molar-refractivity contribution in [1.29, 1.82) is 0 Å². The predicted octanol–water partition coefficient (Wildman–Crippen LogP) is 5.41. The Morgan fingerprint density at radius 2 is 1.86 bits per heavy atom. The Kier molecular flexibility index (Phi) is 6.64. The van der Waals surface area contributed by atoms with Gasteiger partial charge < -0.3 is 9.47 Å². The molecule has 0 aliphatic carbocycles. The molecule has 1 aliphatic rings. The van der Waals surface area contributed by atoms with Crippen LogP contribution in [-0.2, 0) is 4.79 Å². The topological polar surface area (TPSA) is 51.1 Å². The summed E-state index contributed by atoms with van der Waals surface area (Å²) in [5.74, 6) is 1.29. The average molecular weight is 411 g/mol. The molecule has 152 valence electrons. The van der Waals surface area contributed by atoms with Crippen molar-refractivity contribution in [2.75, 3.05) is 13.7 Å². The predicted molar refractivity (Wildman–Crippen MR) is 120 cm³/mol. The van der Waals surface area contributed by atoms with Gasteiger partial charge in [0.2, 0.25) is 0 Å². The number of aliphatic imine (C=N–C) groups is 1. The van der Waals surface area contributed by atoms with Crippen molar-refractivity contribution in [3.63, 3.8) is 0 Å². The number of likely N-dealkylation sites (N-methyl/N-ethyl adjacent to an activating group) is 1. The lowest BCUT2D eigenvalue weighted by atomic mass is 10.2. The Bertz CT molecular complexity index is 949. The highest BCUT2D eigenvalue weighted by Gasteiger charge is 2.32. The molecule has 1 amide bonds. The number of aryl methyl sites for hydroxylation is 1. The van der Waals surface area contributed by atoms with Crippen LogP contribution in [-0.4, -0.2) is 35.7 Å². The van der Waals surface area contributed by atoms with E-state index in [2.05, 4.69) is 4.99 Å². The number of rotatable bonds is 6. The molecule has 0 saturated carbocycles. The third-order valence-electron chi connectivity index (χ3n) is 4.31. The molecule has 6 heteroatoms. The molecule has 0 unspecified atom stereocenters. The lowest BCUT2D eigenvalue weighted by molar-refractivity contribution is -0.122. The standard InChI is InChI=1S/C23H26N2O3S/c1-6-25-22(26)21(29-23(25)24-18-10-7-16(4)8-11-18)14-17-9-12-19(28-15(2)3)20(13-17)27-5/h7-15H,6H2,1-5H3/b21-14+,24-23?. The van der Waals surface area contributed by atoms with Crippen molar-refractivity contribution in [3.8, 4) is 11.5 Å². The molecule has 2 aromatic carbocycles. The lowest BCUT2D eigenvalue weighted by Crippen LogP contribution is -2.28. The van der Waals surface area contributed by atoms with E-state index in [-0.39, 0.29) is 12.0 Å². The van der Waals surface area contributed by atoms with Gasteiger partial charge in [0.25, 0.3) is 5.91 Å². The van der Waals surface area contributed by atoms with E-state index in [1.807, 2.05) is 76.2 Å². The highest BCUT2D eigenvalue weighted by molar-refractivity contribution is 8.18. The quantitative estimate of drug-likeness (QED) is 0.597. The number of methoxy groups -OCH3 is 1. The van der Waals surface area contributed by atoms with Crippen molar-refractivity contribution in [1.82, 2.24) is 4.90 Å². The third kappa shape index (κ3) is 5.01. The van der Waals surface area contributed by atoms with Crippen LogP contribution < -0.4 is 9.47 Å². The highest BCUT2D eigenvalue weighted by Crippen LogP contribution is 2.36. The molecule has 0 radical (unpaired) electrons. The average Bonchev–Trinajstić information content (AvgIpc) is 2.98. The molecule has 1 saturated heterocycles. The zero-order valence-corrected chi connectivity index (χ0v) is 18.2. The molecule has 1 fully saturated rings. The number of hydrogen-bond acceptors (Lipinski definition) is 5. The molecule has 0 aromatic heterocycles. The number of amidine groups is 1. The zero-order valence-electron chi connectivity index (χ0n) is 17.4. The molecule has 3 rings (SSSR count). The number of hydrogen-bond donors (Lipinski definition) is 0. The lowest BCUT2D eigenvalue weighted by Gasteiger charge is -2.14. The van der Waals surface area contributed by atoms with Crippen LogP contribution in [0.4, 0.5) is 5.69 Å². The van der Waals surface area contributed by atoms with Gasteiger partial charge in [0, 0.05) is 6.54 Å². The van der Waals surface area contributed by atoms with Gasteiger partial charge in [-0.25, -0.2) is 4.99 Å². The first kappa shape index (κ1) is 21.0. The van der Waals surface area contributed by atoms with E-state index in [1.54, 1.807) is 12.0 Å². The fourth-order valence-electron chi connectivity index (χ4n) is 2.88. The van der Waals surface area contributed by atoms with E-state index < -0.39 is 0 Å². The summed E-state index contributed by atoms with van der Waals surface area (Å²) in [6.07, 6.45) is 1.92. The summed E-state index contributed by atoms with van der Waals surface area (Å²) >= 11 is 1.39. The Hall–Kier alpha value is -2.73. The highest BCUT2D eigenvalue weighted by atomic mass is 32.2. The number of nitrogens with zero attached hydrogens (tertiary/aromatic N) is 2. The van der Waals surface area contributed by atoms with Crippen molar-refractivity contribution in [2.45, 2.75) is 33.8 Å². The van der Waals surface area contributed by atoms with Gasteiger partial charge in [0.15, 0.2) is 16.7 Å². The van der Waals surface area contributed by atoms with E-state index in [4.69, 9.17) is 9.47 Å². The Balaban J connectivity index is 1.89. The van der Waals surface area contributed by atoms with Crippen molar-refractivity contribution in [3.05, 3.63) is 58.5 Å². The van der Waals surface area contributed by atoms with Gasteiger partial charge in [-0.05, 0) is 75.4 Å². The van der Waals surface area contributed by atoms with Gasteiger partial charge in [0.05, 0.1) is 23.8 Å². The molecule has 0 atom stereocenters. The van der Waals surface area contributed by atoms with Crippen LogP contribution in [0.15, 0.2) is 52.4 Å². The summed E-state index contributed by atoms with van der Waals surface area (Å²) in [7, 11) is 1.61. The molecule has 1 heterocycles. The molecule has 0 bridgehead atoms. The second-order valence-electron chi connectivity index (χ2n) is 6.97. The minimum Gasteiger partial charge on any atom is -0.493 e. The van der Waals surface area contributed by atoms with Crippen molar-refractivity contribution in [2.24, 2.45) is 4.99 Å². The largest absolute Gasteiger partial charge is 0.493 e. The van der Waals surface area contributed by atoms with E-state index >= 15 is 0 Å². The maximum absolute atomic E-state index is 12.9. The summed E-state index contributed by atoms with van der Waals surface area (Å²) in [6, 6.07) is 13.6. The minimum absolute atomic E-state index is 0.0372. The van der Waals surface area contributed by atoms with Crippen LogP contribution in [0.5, 0.6) is 11.5 Å². The van der Waals surface area contributed by atoms with Gasteiger partial charge in [-0.3, -0.25) is 9.69 Å². The number of carbonyl (C=O) groups is 1. The smallest absolute Gasteiger partial charge is 0.266 e. The fourth-order valence-corrected chi connectivity index (χ4v) is 3.94. The Labute approximate surface area is 176 Å². The fraction of sp³-hybridized carbons (Fsp3) is 0.304. The minimum atomic E-state index is -0.0372. The summed E-state index contributed by atoms with van der Waals surface area (Å²) < 4.78 is 11.2. The number of amides is 1. The van der Waals surface area contributed by atoms with E-state index in [9.17, 15) is 4.79 Å². The maximum Gasteiger partial charge on any atom is 0.266 e. The number of carbonyl (C=O) groups excluding carboxylic acids is 1. The summed E-state index contributed by atoms with van der Waals surface area (Å²) in [4.78, 5) is 19.9. The van der Waals surface area contributed by atoms with Gasteiger partial charge in [-0.2, -0.15) is 0 Å². The van der Waals surface area contributed by atoms with Gasteiger partial charge in [0.1, 0.15) is 0 Å². The molecule has 0 spiro atoms. The number of ether oxygens (including phenoxy) is 2.